The number of hydrogen-bond donors (Lipinski definition) is 4. The molecule has 0 aromatic heterocycles. The Morgan fingerprint density at radius 3 is 2.09 bits per heavy atom. The molecule has 6 atom stereocenters. The summed E-state index contributed by atoms with van der Waals surface area (Å²) in [5, 5.41) is 29.1. The Morgan fingerprint density at radius 2 is 1.51 bits per heavy atom. The topological polar surface area (TPSA) is 152 Å². The van der Waals surface area contributed by atoms with E-state index in [1.807, 2.05) is 6.92 Å². The molecule has 2 heterocycles. The zero-order valence-corrected chi connectivity index (χ0v) is 34.1. The van der Waals surface area contributed by atoms with E-state index >= 15 is 0 Å². The predicted molar refractivity (Wildman–Crippen MR) is 183 cm³/mol. The normalized spacial score (nSPS) is 22.5. The van der Waals surface area contributed by atoms with Gasteiger partial charge in [0.05, 0.1) is 6.61 Å². The van der Waals surface area contributed by atoms with Gasteiger partial charge in [0.25, 0.3) is 5.76 Å². The zero-order valence-electron chi connectivity index (χ0n) is 30.1. The van der Waals surface area contributed by atoms with Crippen molar-refractivity contribution in [2.75, 3.05) is 6.61 Å². The fourth-order valence-electron chi connectivity index (χ4n) is 6.55. The molecule has 1 radical (unpaired) electrons. The Hall–Kier alpha value is -0.624. The Labute approximate surface area is 324 Å². The zero-order chi connectivity index (χ0) is 34.4. The summed E-state index contributed by atoms with van der Waals surface area (Å²) in [6.07, 6.45) is 9.29. The summed E-state index contributed by atoms with van der Waals surface area (Å²) < 4.78 is 34.9. The van der Waals surface area contributed by atoms with E-state index in [2.05, 4.69) is 34.6 Å². The monoisotopic (exact) mass is 707 g/mol. The van der Waals surface area contributed by atoms with E-state index in [1.54, 1.807) is 13.8 Å². The van der Waals surface area contributed by atoms with Gasteiger partial charge < -0.3 is 33.8 Å². The Morgan fingerprint density at radius 1 is 0.936 bits per heavy atom. The molecule has 263 valence electrons. The van der Waals surface area contributed by atoms with Gasteiger partial charge in [0, 0.05) is 56.9 Å². The molecule has 12 heteroatoms. The fraction of sp³-hybridized carbons (Fsp3) is 0.743. The van der Waals surface area contributed by atoms with Crippen molar-refractivity contribution in [1.29, 1.82) is 0 Å². The van der Waals surface area contributed by atoms with E-state index in [0.717, 1.165) is 48.0 Å². The van der Waals surface area contributed by atoms with Gasteiger partial charge in [0.1, 0.15) is 23.2 Å². The molecule has 2 aliphatic heterocycles. The first-order chi connectivity index (χ1) is 21.5. The summed E-state index contributed by atoms with van der Waals surface area (Å²) in [5.41, 5.74) is 2.57. The number of cyclic esters (lactones) is 1. The fourth-order valence-corrected chi connectivity index (χ4v) is 7.49. The molecule has 3 rings (SSSR count). The minimum Gasteiger partial charge on any atom is -0.505 e. The smallest absolute Gasteiger partial charge is 0.505 e. The quantitative estimate of drug-likeness (QED) is 0.0695. The van der Waals surface area contributed by atoms with Gasteiger partial charge in [-0.2, -0.15) is 0 Å². The largest absolute Gasteiger partial charge is 0.585 e. The number of esters is 1. The first-order valence-corrected chi connectivity index (χ1v) is 18.4. The van der Waals surface area contributed by atoms with Crippen LogP contribution in [0.15, 0.2) is 11.5 Å². The van der Waals surface area contributed by atoms with E-state index in [4.69, 9.17) is 23.6 Å². The standard InChI is InChI=1S/C35H57O10P.K/c1-21(2)12-9-13-22(3)14-10-15-23(4)16-11-18-35(8)19-17-27-26(7)30(24(5)25(6)31(27)43-35)44-46(40,41)45-33-29(38)32(28(37)20-36)42-34(33)39;/h21-23,28,32,36-38H,9-20H2,1-8H3,(H,40,41);. The van der Waals surface area contributed by atoms with Crippen molar-refractivity contribution in [2.45, 2.75) is 144 Å². The Bertz CT molecular complexity index is 1300. The van der Waals surface area contributed by atoms with E-state index in [9.17, 15) is 24.5 Å². The van der Waals surface area contributed by atoms with Crippen LogP contribution in [0.4, 0.5) is 0 Å². The minimum absolute atomic E-state index is 0. The van der Waals surface area contributed by atoms with E-state index in [-0.39, 0.29) is 62.7 Å². The maximum atomic E-state index is 13.0. The molecule has 0 fully saturated rings. The maximum Gasteiger partial charge on any atom is 0.585 e. The molecule has 1 aromatic carbocycles. The predicted octanol–water partition coefficient (Wildman–Crippen LogP) is 7.30. The molecular weight excluding hydrogens is 650 g/mol. The molecule has 6 unspecified atom stereocenters. The van der Waals surface area contributed by atoms with Crippen LogP contribution in [0.25, 0.3) is 0 Å². The van der Waals surface area contributed by atoms with Crippen LogP contribution in [0, 0.1) is 38.5 Å². The summed E-state index contributed by atoms with van der Waals surface area (Å²) in [5.74, 6) is 0.0670. The number of phosphoric ester groups is 1. The number of aliphatic hydroxyl groups is 3. The van der Waals surface area contributed by atoms with E-state index in [1.165, 1.54) is 44.9 Å². The number of ether oxygens (including phenoxy) is 2. The first kappa shape index (κ1) is 42.5. The van der Waals surface area contributed by atoms with Crippen LogP contribution in [0.1, 0.15) is 121 Å². The summed E-state index contributed by atoms with van der Waals surface area (Å²) >= 11 is 0. The number of fused-ring (bicyclic) bond motifs is 1. The summed E-state index contributed by atoms with van der Waals surface area (Å²) in [4.78, 5) is 22.7. The summed E-state index contributed by atoms with van der Waals surface area (Å²) in [6.45, 7) is 16.1. The van der Waals surface area contributed by atoms with Crippen molar-refractivity contribution in [3.8, 4) is 11.5 Å². The maximum absolute atomic E-state index is 13.0. The van der Waals surface area contributed by atoms with Crippen LogP contribution >= 0.6 is 7.82 Å². The summed E-state index contributed by atoms with van der Waals surface area (Å²) in [7, 11) is -4.99. The van der Waals surface area contributed by atoms with Crippen molar-refractivity contribution in [3.63, 3.8) is 0 Å². The second-order valence-corrected chi connectivity index (χ2v) is 15.7. The average molecular weight is 708 g/mol. The minimum atomic E-state index is -4.99. The van der Waals surface area contributed by atoms with Crippen LogP contribution < -0.4 is 9.26 Å². The number of carbonyl (C=O) groups is 1. The number of aliphatic hydroxyl groups excluding tert-OH is 3. The third-order valence-corrected chi connectivity index (χ3v) is 10.5. The third-order valence-electron chi connectivity index (χ3n) is 9.71. The number of carbonyl (C=O) groups excluding carboxylic acids is 1. The molecule has 2 aliphatic rings. The number of phosphoric acid groups is 1. The SMILES string of the molecule is Cc1c(C)c2c(c(C)c1OP(=O)(O)OC1=C(O)C(C(O)CO)OC1=O)CCC(C)(CCCC(C)CCCC(C)CCCC(C)C)O2.[K]. The summed E-state index contributed by atoms with van der Waals surface area (Å²) in [6, 6.07) is 0. The molecule has 0 saturated heterocycles. The molecule has 4 N–H and O–H groups in total. The molecule has 0 spiro atoms. The molecule has 0 aliphatic carbocycles. The van der Waals surface area contributed by atoms with Gasteiger partial charge in [0.2, 0.25) is 0 Å². The average Bonchev–Trinajstić information content (AvgIpc) is 3.25. The molecule has 0 saturated carbocycles. The van der Waals surface area contributed by atoms with Crippen molar-refractivity contribution in [1.82, 2.24) is 0 Å². The van der Waals surface area contributed by atoms with Gasteiger partial charge in [-0.15, -0.1) is 0 Å². The van der Waals surface area contributed by atoms with Gasteiger partial charge in [-0.1, -0.05) is 72.6 Å². The van der Waals surface area contributed by atoms with Gasteiger partial charge in [-0.3, -0.25) is 4.89 Å². The molecule has 1 aromatic rings. The number of hydrogen-bond acceptors (Lipinski definition) is 9. The van der Waals surface area contributed by atoms with Crippen LogP contribution in [0.3, 0.4) is 0 Å². The van der Waals surface area contributed by atoms with Gasteiger partial charge in [-0.25, -0.2) is 9.36 Å². The van der Waals surface area contributed by atoms with Crippen molar-refractivity contribution >= 4 is 65.2 Å². The van der Waals surface area contributed by atoms with Gasteiger partial charge >= 0.3 is 13.8 Å². The third kappa shape index (κ3) is 11.7. The molecule has 0 amide bonds. The van der Waals surface area contributed by atoms with Gasteiger partial charge in [0.15, 0.2) is 11.9 Å². The first-order valence-electron chi connectivity index (χ1n) is 16.9. The van der Waals surface area contributed by atoms with E-state index < -0.39 is 44.1 Å². The van der Waals surface area contributed by atoms with Crippen LogP contribution in [0.2, 0.25) is 0 Å². The van der Waals surface area contributed by atoms with Crippen LogP contribution in [0.5, 0.6) is 11.5 Å². The molecule has 0 bridgehead atoms. The number of rotatable bonds is 18. The van der Waals surface area contributed by atoms with Crippen molar-refractivity contribution < 1.29 is 48.1 Å². The number of benzene rings is 1. The molecular formula is C35H57KO10P. The van der Waals surface area contributed by atoms with Gasteiger partial charge in [-0.05, 0) is 87.8 Å². The van der Waals surface area contributed by atoms with E-state index in [0.29, 0.717) is 23.5 Å². The second kappa shape index (κ2) is 18.6. The van der Waals surface area contributed by atoms with Crippen molar-refractivity contribution in [2.24, 2.45) is 17.8 Å². The van der Waals surface area contributed by atoms with Crippen molar-refractivity contribution in [3.05, 3.63) is 33.8 Å². The van der Waals surface area contributed by atoms with Crippen LogP contribution in [-0.4, -0.2) is 102 Å². The molecule has 10 nitrogen and oxygen atoms in total. The van der Waals surface area contributed by atoms with Crippen LogP contribution in [-0.2, 0) is 25.0 Å². The second-order valence-electron chi connectivity index (χ2n) is 14.4. The Kier molecular flexibility index (Phi) is 16.8. The Balaban J connectivity index is 0.00000768. The molecule has 47 heavy (non-hydrogen) atoms.